The largest absolute Gasteiger partial charge is 0.464 e. The lowest BCUT2D eigenvalue weighted by Gasteiger charge is -2.41. The van der Waals surface area contributed by atoms with Crippen LogP contribution in [0.2, 0.25) is 0 Å². The Bertz CT molecular complexity index is 1090. The number of nitrogens with zero attached hydrogens (tertiary/aromatic N) is 2. The molecule has 0 aromatic heterocycles. The van der Waals surface area contributed by atoms with Crippen LogP contribution in [0.4, 0.5) is 10.5 Å². The number of amides is 2. The molecule has 2 aliphatic rings. The van der Waals surface area contributed by atoms with Crippen molar-refractivity contribution in [3.63, 3.8) is 0 Å². The van der Waals surface area contributed by atoms with Crippen molar-refractivity contribution in [2.24, 2.45) is 0 Å². The number of Topliss-reactive ketones (excluding diaryl/α,β-unsaturated/α-hetero) is 1. The molecule has 2 unspecified atom stereocenters. The number of rotatable bonds is 6. The van der Waals surface area contributed by atoms with Crippen molar-refractivity contribution in [1.82, 2.24) is 4.90 Å². The Morgan fingerprint density at radius 2 is 1.74 bits per heavy atom. The zero-order valence-electron chi connectivity index (χ0n) is 19.8. The smallest absolute Gasteiger partial charge is 0.411 e. The summed E-state index contributed by atoms with van der Waals surface area (Å²) in [6.45, 7) is 3.14. The lowest BCUT2D eigenvalue weighted by Crippen LogP contribution is -2.60. The summed E-state index contributed by atoms with van der Waals surface area (Å²) in [5.41, 5.74) is 2.31. The van der Waals surface area contributed by atoms with Gasteiger partial charge < -0.3 is 14.4 Å². The van der Waals surface area contributed by atoms with E-state index in [-0.39, 0.29) is 38.9 Å². The number of esters is 1. The first-order valence-electron chi connectivity index (χ1n) is 11.5. The average Bonchev–Trinajstić information content (AvgIpc) is 2.96. The minimum atomic E-state index is -0.985. The number of cyclic esters (lactones) is 1. The fourth-order valence-corrected chi connectivity index (χ4v) is 4.68. The van der Waals surface area contributed by atoms with Crippen molar-refractivity contribution in [1.29, 1.82) is 0 Å². The van der Waals surface area contributed by atoms with Crippen LogP contribution in [0.25, 0.3) is 0 Å². The molecule has 0 aliphatic carbocycles. The molecule has 35 heavy (non-hydrogen) atoms. The van der Waals surface area contributed by atoms with Gasteiger partial charge in [0.05, 0.1) is 13.2 Å². The van der Waals surface area contributed by atoms with E-state index in [2.05, 4.69) is 0 Å². The van der Waals surface area contributed by atoms with Crippen molar-refractivity contribution in [3.8, 4) is 0 Å². The number of ether oxygens (including phenoxy) is 2. The van der Waals surface area contributed by atoms with Gasteiger partial charge in [-0.2, -0.15) is 13.5 Å². The van der Waals surface area contributed by atoms with Crippen LogP contribution in [0.15, 0.2) is 54.6 Å². The van der Waals surface area contributed by atoms with Gasteiger partial charge in [0.1, 0.15) is 24.0 Å². The second kappa shape index (κ2) is 11.4. The maximum Gasteiger partial charge on any atom is 0.411 e. The Balaban J connectivity index is 0.00000342. The highest BCUT2D eigenvalue weighted by molar-refractivity contribution is 7.59. The third-order valence-corrected chi connectivity index (χ3v) is 6.19. The second-order valence-electron chi connectivity index (χ2n) is 8.50. The van der Waals surface area contributed by atoms with Gasteiger partial charge in [0, 0.05) is 12.1 Å². The lowest BCUT2D eigenvalue weighted by molar-refractivity contribution is -0.155. The summed E-state index contributed by atoms with van der Waals surface area (Å²) in [4.78, 5) is 54.7. The first-order valence-corrected chi connectivity index (χ1v) is 11.5. The number of fused-ring (bicyclic) bond motifs is 1. The Morgan fingerprint density at radius 1 is 1.06 bits per heavy atom. The Labute approximate surface area is 211 Å². The van der Waals surface area contributed by atoms with Crippen LogP contribution in [0.1, 0.15) is 43.9 Å². The molecule has 2 aliphatic heterocycles. The van der Waals surface area contributed by atoms with Gasteiger partial charge in [-0.25, -0.2) is 9.59 Å². The molecule has 1 saturated heterocycles. The zero-order valence-corrected chi connectivity index (χ0v) is 20.8. The predicted octanol–water partition coefficient (Wildman–Crippen LogP) is 3.55. The normalized spacial score (nSPS) is 21.8. The maximum absolute atomic E-state index is 13.7. The number of hydrogen-bond donors (Lipinski definition) is 0. The summed E-state index contributed by atoms with van der Waals surface area (Å²) < 4.78 is 11.0. The van der Waals surface area contributed by atoms with Crippen LogP contribution < -0.4 is 4.90 Å². The van der Waals surface area contributed by atoms with Gasteiger partial charge in [-0.15, -0.1) is 0 Å². The van der Waals surface area contributed by atoms with Crippen LogP contribution in [0.5, 0.6) is 0 Å². The molecule has 3 atom stereocenters. The summed E-state index contributed by atoms with van der Waals surface area (Å²) >= 11 is 0. The monoisotopic (exact) mass is 498 g/mol. The fraction of sp³-hybridized carbons (Fsp3) is 0.385. The number of hydrogen-bond acceptors (Lipinski definition) is 6. The molecule has 2 amide bonds. The molecule has 0 saturated carbocycles. The van der Waals surface area contributed by atoms with E-state index in [0.717, 1.165) is 11.1 Å². The molecular weight excluding hydrogens is 468 g/mol. The molecule has 8 nitrogen and oxygen atoms in total. The first-order chi connectivity index (χ1) is 16.4. The molecule has 2 heterocycles. The summed E-state index contributed by atoms with van der Waals surface area (Å²) in [5.74, 6) is -1.17. The molecule has 0 radical (unpaired) electrons. The highest BCUT2D eigenvalue weighted by atomic mass is 32.1. The first kappa shape index (κ1) is 26.3. The van der Waals surface area contributed by atoms with Gasteiger partial charge >= 0.3 is 12.1 Å². The van der Waals surface area contributed by atoms with E-state index in [9.17, 15) is 19.2 Å². The van der Waals surface area contributed by atoms with E-state index in [0.29, 0.717) is 18.5 Å². The van der Waals surface area contributed by atoms with E-state index >= 15 is 0 Å². The molecule has 0 N–H and O–H groups in total. The number of ketones is 1. The van der Waals surface area contributed by atoms with Crippen molar-refractivity contribution >= 4 is 42.9 Å². The molecule has 186 valence electrons. The maximum atomic E-state index is 13.7. The summed E-state index contributed by atoms with van der Waals surface area (Å²) in [5, 5.41) is 0. The number of carbonyl (C=O) groups is 4. The topological polar surface area (TPSA) is 93.2 Å². The summed E-state index contributed by atoms with van der Waals surface area (Å²) in [7, 11) is 0. The van der Waals surface area contributed by atoms with E-state index < -0.39 is 36.2 Å². The molecule has 2 aromatic carbocycles. The number of carbonyl (C=O) groups excluding carboxylic acids is 4. The van der Waals surface area contributed by atoms with E-state index in [1.165, 1.54) is 16.7 Å². The highest BCUT2D eigenvalue weighted by Gasteiger charge is 2.48. The van der Waals surface area contributed by atoms with Crippen molar-refractivity contribution in [2.45, 2.75) is 51.3 Å². The number of aryl methyl sites for hydroxylation is 1. The third-order valence-electron chi connectivity index (χ3n) is 6.19. The number of benzene rings is 2. The van der Waals surface area contributed by atoms with Crippen molar-refractivity contribution in [3.05, 3.63) is 65.7 Å². The number of para-hydroxylation sites is 1. The van der Waals surface area contributed by atoms with Crippen molar-refractivity contribution < 1.29 is 28.7 Å². The molecule has 2 aromatic rings. The second-order valence-corrected chi connectivity index (χ2v) is 8.50. The van der Waals surface area contributed by atoms with Crippen LogP contribution in [0, 0.1) is 0 Å². The minimum Gasteiger partial charge on any atom is -0.464 e. The van der Waals surface area contributed by atoms with Gasteiger partial charge in [-0.3, -0.25) is 14.5 Å². The summed E-state index contributed by atoms with van der Waals surface area (Å²) in [6.07, 6.45) is -0.415. The van der Waals surface area contributed by atoms with Gasteiger partial charge in [-0.1, -0.05) is 48.5 Å². The molecule has 0 bridgehead atoms. The predicted molar refractivity (Wildman–Crippen MR) is 135 cm³/mol. The lowest BCUT2D eigenvalue weighted by atomic mass is 9.96. The van der Waals surface area contributed by atoms with E-state index in [4.69, 9.17) is 9.47 Å². The van der Waals surface area contributed by atoms with Gasteiger partial charge in [0.2, 0.25) is 5.91 Å². The van der Waals surface area contributed by atoms with Crippen molar-refractivity contribution in [2.75, 3.05) is 18.1 Å². The van der Waals surface area contributed by atoms with Crippen LogP contribution in [-0.2, 0) is 30.3 Å². The standard InChI is InChI=1S/C26H28N2O6.H2S/c1-3-33-25(31)22-15-23(19-10-5-4-6-11-19)34-26(32)28(22)21-14-13-18-9-7-8-12-20(18)27(24(21)30)16-17(2)29;/h4-12,21-23H,3,13-16H2,1-2H3;1H2/t21-,22?,23?;/m0./s1. The van der Waals surface area contributed by atoms with Gasteiger partial charge in [0.25, 0.3) is 0 Å². The molecular formula is C26H30N2O6S. The Kier molecular flexibility index (Phi) is 8.56. The molecule has 4 rings (SSSR count). The molecule has 1 fully saturated rings. The van der Waals surface area contributed by atoms with Gasteiger partial charge in [0.15, 0.2) is 0 Å². The Hall–Kier alpha value is -3.33. The average molecular weight is 499 g/mol. The van der Waals surface area contributed by atoms with E-state index in [1.807, 2.05) is 42.5 Å². The quantitative estimate of drug-likeness (QED) is 0.566. The zero-order chi connectivity index (χ0) is 24.2. The SMILES string of the molecule is CCOC(=O)C1CC(c2ccccc2)OC(=O)N1[C@H]1CCc2ccccc2N(CC(C)=O)C1=O.S. The van der Waals surface area contributed by atoms with Gasteiger partial charge in [-0.05, 0) is 43.9 Å². The molecule has 9 heteroatoms. The number of anilines is 1. The fourth-order valence-electron chi connectivity index (χ4n) is 4.68. The van der Waals surface area contributed by atoms with Crippen LogP contribution in [-0.4, -0.2) is 53.9 Å². The van der Waals surface area contributed by atoms with Crippen LogP contribution in [0.3, 0.4) is 0 Å². The minimum absolute atomic E-state index is 0. The van der Waals surface area contributed by atoms with Crippen LogP contribution >= 0.6 is 13.5 Å². The Morgan fingerprint density at radius 3 is 2.43 bits per heavy atom. The molecule has 0 spiro atoms. The van der Waals surface area contributed by atoms with E-state index in [1.54, 1.807) is 19.1 Å². The third kappa shape index (κ3) is 5.51. The summed E-state index contributed by atoms with van der Waals surface area (Å²) in [6, 6.07) is 14.6. The highest BCUT2D eigenvalue weighted by Crippen LogP contribution is 2.36.